The van der Waals surface area contributed by atoms with Crippen LogP contribution in [0, 0.1) is 0 Å². The number of hydrogen-bond acceptors (Lipinski definition) is 3. The van der Waals surface area contributed by atoms with Gasteiger partial charge in [-0.25, -0.2) is 0 Å². The Bertz CT molecular complexity index is 773. The van der Waals surface area contributed by atoms with Gasteiger partial charge < -0.3 is 4.90 Å². The molecule has 0 fully saturated rings. The molecule has 1 aliphatic carbocycles. The van der Waals surface area contributed by atoms with Crippen molar-refractivity contribution in [3.8, 4) is 0 Å². The highest BCUT2D eigenvalue weighted by Gasteiger charge is 2.30. The molecule has 1 aliphatic rings. The zero-order valence-corrected chi connectivity index (χ0v) is 15.5. The number of carbonyl (C=O) groups is 3. The van der Waals surface area contributed by atoms with Gasteiger partial charge in [0.15, 0.2) is 5.78 Å². The van der Waals surface area contributed by atoms with Crippen LogP contribution in [-0.4, -0.2) is 35.5 Å². The first kappa shape index (κ1) is 19.1. The number of likely N-dealkylation sites (N-methyl/N-ethyl adjacent to an activating group) is 1. The third-order valence-corrected chi connectivity index (χ3v) is 4.64. The van der Waals surface area contributed by atoms with Gasteiger partial charge in [-0.1, -0.05) is 49.2 Å². The summed E-state index contributed by atoms with van der Waals surface area (Å²) >= 11 is 6.19. The molecule has 5 heteroatoms. The van der Waals surface area contributed by atoms with Crippen LogP contribution in [0.2, 0.25) is 0 Å². The molecular weight excluding hydrogens is 338 g/mol. The van der Waals surface area contributed by atoms with Crippen molar-refractivity contribution in [2.75, 3.05) is 13.1 Å². The van der Waals surface area contributed by atoms with Crippen molar-refractivity contribution in [3.63, 3.8) is 0 Å². The highest BCUT2D eigenvalue weighted by molar-refractivity contribution is 6.50. The van der Waals surface area contributed by atoms with Crippen LogP contribution in [0.5, 0.6) is 0 Å². The zero-order valence-electron chi connectivity index (χ0n) is 14.8. The molecule has 0 bridgehead atoms. The standard InChI is InChI=1S/C20H22ClNO3/c1-4-9-13(20(25)22(5-2)6-3)12-16-17(21)19(24)15-11-8-7-10-14(15)18(16)23/h7-8,10-12H,4-6,9H2,1-3H3. The van der Waals surface area contributed by atoms with E-state index in [1.54, 1.807) is 29.2 Å². The monoisotopic (exact) mass is 359 g/mol. The van der Waals surface area contributed by atoms with Crippen molar-refractivity contribution >= 4 is 29.1 Å². The van der Waals surface area contributed by atoms with E-state index in [0.717, 1.165) is 6.42 Å². The number of halogens is 1. The Kier molecular flexibility index (Phi) is 6.32. The first-order valence-corrected chi connectivity index (χ1v) is 8.91. The summed E-state index contributed by atoms with van der Waals surface area (Å²) in [4.78, 5) is 39.6. The maximum atomic E-state index is 12.8. The van der Waals surface area contributed by atoms with Gasteiger partial charge in [0.25, 0.3) is 0 Å². The van der Waals surface area contributed by atoms with Crippen LogP contribution in [0.4, 0.5) is 0 Å². The highest BCUT2D eigenvalue weighted by atomic mass is 35.5. The second-order valence-electron chi connectivity index (χ2n) is 5.83. The summed E-state index contributed by atoms with van der Waals surface area (Å²) in [5.41, 5.74) is 1.24. The van der Waals surface area contributed by atoms with E-state index in [1.165, 1.54) is 6.08 Å². The number of hydrogen-bond donors (Lipinski definition) is 0. The molecule has 0 saturated carbocycles. The van der Waals surface area contributed by atoms with Crippen molar-refractivity contribution < 1.29 is 14.4 Å². The number of carbonyl (C=O) groups excluding carboxylic acids is 3. The lowest BCUT2D eigenvalue weighted by atomic mass is 9.88. The molecule has 4 nitrogen and oxygen atoms in total. The molecule has 1 aromatic carbocycles. The fourth-order valence-electron chi connectivity index (χ4n) is 2.89. The molecule has 1 amide bonds. The number of allylic oxidation sites excluding steroid dienone is 3. The van der Waals surface area contributed by atoms with Gasteiger partial charge in [-0.2, -0.15) is 0 Å². The van der Waals surface area contributed by atoms with Crippen LogP contribution in [0.1, 0.15) is 54.3 Å². The molecule has 0 aromatic heterocycles. The number of nitrogens with zero attached hydrogens (tertiary/aromatic N) is 1. The van der Waals surface area contributed by atoms with E-state index in [2.05, 4.69) is 0 Å². The average Bonchev–Trinajstić information content (AvgIpc) is 2.63. The lowest BCUT2D eigenvalue weighted by Crippen LogP contribution is -2.32. The Morgan fingerprint density at radius 2 is 1.60 bits per heavy atom. The normalized spacial score (nSPS) is 14.6. The van der Waals surface area contributed by atoms with Crippen molar-refractivity contribution in [3.05, 3.63) is 57.6 Å². The minimum Gasteiger partial charge on any atom is -0.339 e. The molecule has 132 valence electrons. The van der Waals surface area contributed by atoms with Gasteiger partial charge in [0.05, 0.1) is 5.03 Å². The second kappa shape index (κ2) is 8.26. The van der Waals surface area contributed by atoms with E-state index in [9.17, 15) is 14.4 Å². The topological polar surface area (TPSA) is 54.5 Å². The van der Waals surface area contributed by atoms with Crippen LogP contribution >= 0.6 is 11.6 Å². The summed E-state index contributed by atoms with van der Waals surface area (Å²) in [5.74, 6) is -0.821. The SMILES string of the molecule is CCCC(=CC1=C(Cl)C(=O)c2ccccc2C1=O)C(=O)N(CC)CC. The van der Waals surface area contributed by atoms with Crippen molar-refractivity contribution in [1.29, 1.82) is 0 Å². The Morgan fingerprint density at radius 1 is 1.04 bits per heavy atom. The maximum Gasteiger partial charge on any atom is 0.249 e. The zero-order chi connectivity index (χ0) is 18.6. The molecule has 0 atom stereocenters. The van der Waals surface area contributed by atoms with Crippen LogP contribution in [0.15, 0.2) is 46.5 Å². The summed E-state index contributed by atoms with van der Waals surface area (Å²) in [5, 5.41) is -0.121. The van der Waals surface area contributed by atoms with Crippen molar-refractivity contribution in [2.45, 2.75) is 33.6 Å². The van der Waals surface area contributed by atoms with E-state index >= 15 is 0 Å². The van der Waals surface area contributed by atoms with Crippen LogP contribution in [0.25, 0.3) is 0 Å². The second-order valence-corrected chi connectivity index (χ2v) is 6.21. The minimum absolute atomic E-state index is 0.106. The van der Waals surface area contributed by atoms with E-state index in [-0.39, 0.29) is 28.1 Å². The summed E-state index contributed by atoms with van der Waals surface area (Å²) in [6.45, 7) is 6.94. The van der Waals surface area contributed by atoms with Gasteiger partial charge in [0.2, 0.25) is 11.7 Å². The van der Waals surface area contributed by atoms with Crippen LogP contribution < -0.4 is 0 Å². The van der Waals surface area contributed by atoms with Gasteiger partial charge in [-0.15, -0.1) is 0 Å². The Hall–Kier alpha value is -2.20. The lowest BCUT2D eigenvalue weighted by Gasteiger charge is -2.21. The fourth-order valence-corrected chi connectivity index (χ4v) is 3.13. The van der Waals surface area contributed by atoms with E-state index in [0.29, 0.717) is 36.2 Å². The van der Waals surface area contributed by atoms with Crippen molar-refractivity contribution in [1.82, 2.24) is 4.90 Å². The molecule has 0 unspecified atom stereocenters. The minimum atomic E-state index is -0.380. The smallest absolute Gasteiger partial charge is 0.249 e. The molecular formula is C20H22ClNO3. The first-order valence-electron chi connectivity index (χ1n) is 8.54. The quantitative estimate of drug-likeness (QED) is 0.717. The van der Waals surface area contributed by atoms with Crippen LogP contribution in [0.3, 0.4) is 0 Å². The number of rotatable bonds is 6. The predicted molar refractivity (Wildman–Crippen MR) is 98.9 cm³/mol. The summed E-state index contributed by atoms with van der Waals surface area (Å²) < 4.78 is 0. The molecule has 2 rings (SSSR count). The van der Waals surface area contributed by atoms with Gasteiger partial charge >= 0.3 is 0 Å². The van der Waals surface area contributed by atoms with E-state index in [1.807, 2.05) is 20.8 Å². The first-order chi connectivity index (χ1) is 12.0. The molecule has 1 aromatic rings. The summed E-state index contributed by atoms with van der Waals surface area (Å²) in [6.07, 6.45) is 2.78. The van der Waals surface area contributed by atoms with Gasteiger partial charge in [-0.05, 0) is 26.3 Å². The average molecular weight is 360 g/mol. The lowest BCUT2D eigenvalue weighted by molar-refractivity contribution is -0.126. The predicted octanol–water partition coefficient (Wildman–Crippen LogP) is 4.15. The molecule has 0 N–H and O–H groups in total. The molecule has 0 aliphatic heterocycles. The van der Waals surface area contributed by atoms with Gasteiger partial charge in [0.1, 0.15) is 0 Å². The fraction of sp³-hybridized carbons (Fsp3) is 0.350. The largest absolute Gasteiger partial charge is 0.339 e. The molecule has 0 spiro atoms. The number of amides is 1. The Balaban J connectivity index is 2.52. The Labute approximate surface area is 153 Å². The molecule has 0 saturated heterocycles. The third kappa shape index (κ3) is 3.74. The molecule has 0 heterocycles. The number of ketones is 2. The van der Waals surface area contributed by atoms with Gasteiger partial charge in [0, 0.05) is 35.4 Å². The number of Topliss-reactive ketones (excluding diaryl/α,β-unsaturated/α-hetero) is 2. The van der Waals surface area contributed by atoms with Crippen LogP contribution in [-0.2, 0) is 4.79 Å². The van der Waals surface area contributed by atoms with Gasteiger partial charge in [-0.3, -0.25) is 14.4 Å². The molecule has 0 radical (unpaired) electrons. The maximum absolute atomic E-state index is 12.8. The number of fused-ring (bicyclic) bond motifs is 1. The molecule has 25 heavy (non-hydrogen) atoms. The summed E-state index contributed by atoms with van der Waals surface area (Å²) in [7, 11) is 0. The Morgan fingerprint density at radius 3 is 2.12 bits per heavy atom. The van der Waals surface area contributed by atoms with E-state index in [4.69, 9.17) is 11.6 Å². The third-order valence-electron chi connectivity index (χ3n) is 4.26. The highest BCUT2D eigenvalue weighted by Crippen LogP contribution is 2.30. The summed E-state index contributed by atoms with van der Waals surface area (Å²) in [6, 6.07) is 6.60. The van der Waals surface area contributed by atoms with E-state index < -0.39 is 0 Å². The van der Waals surface area contributed by atoms with Crippen molar-refractivity contribution in [2.24, 2.45) is 0 Å². The number of benzene rings is 1.